The van der Waals surface area contributed by atoms with Gasteiger partial charge in [0, 0.05) is 77.7 Å². The molecular formula is C94H65BN2O2. The highest BCUT2D eigenvalue weighted by atomic mass is 16.3. The van der Waals surface area contributed by atoms with Gasteiger partial charge in [-0.05, 0) is 144 Å². The van der Waals surface area contributed by atoms with Crippen molar-refractivity contribution in [2.24, 2.45) is 0 Å². The molecule has 0 bridgehead atoms. The molecule has 4 nitrogen and oxygen atoms in total. The van der Waals surface area contributed by atoms with Gasteiger partial charge < -0.3 is 18.6 Å². The standard InChI is InChI=1S/C94H65BN2O2/c1-94(2,3)70-58-85-89-86(59-70)97(91-73(64-36-18-8-19-37-64)44-27-45-74(91)65-38-20-9-21-39-65)84-51-49-67(78-53-69(61-30-12-5-13-31-61)55-80-76-41-23-25-47-88(76)99-93(78)80)57-82(84)95(89)81-56-66(77-52-68(60-28-10-4-11-29-60)54-79-75-40-22-24-46-87(75)98-92(77)79)48-50-83(81)96(85)90-71(62-32-14-6-15-33-62)42-26-43-72(90)63-34-16-7-17-35-63/h4-59H,1-3H3. The number of para-hydroxylation sites is 4. The summed E-state index contributed by atoms with van der Waals surface area (Å²) in [5.74, 6) is 0. The van der Waals surface area contributed by atoms with E-state index in [4.69, 9.17) is 8.83 Å². The summed E-state index contributed by atoms with van der Waals surface area (Å²) in [6, 6.07) is 125. The lowest BCUT2D eigenvalue weighted by molar-refractivity contribution is 0.590. The first-order chi connectivity index (χ1) is 48.8. The maximum absolute atomic E-state index is 7.13. The van der Waals surface area contributed by atoms with Crippen molar-refractivity contribution >= 4 is 101 Å². The van der Waals surface area contributed by atoms with Crippen LogP contribution in [0.15, 0.2) is 349 Å². The molecule has 17 aromatic rings. The molecule has 99 heavy (non-hydrogen) atoms. The zero-order valence-corrected chi connectivity index (χ0v) is 55.1. The first-order valence-corrected chi connectivity index (χ1v) is 34.3. The van der Waals surface area contributed by atoms with E-state index in [9.17, 15) is 0 Å². The number of fused-ring (bicyclic) bond motifs is 10. The second kappa shape index (κ2) is 23.2. The smallest absolute Gasteiger partial charge is 0.252 e. The summed E-state index contributed by atoms with van der Waals surface area (Å²) in [5.41, 5.74) is 32.3. The van der Waals surface area contributed by atoms with E-state index in [1.807, 2.05) is 0 Å². The van der Waals surface area contributed by atoms with Crippen molar-refractivity contribution in [3.8, 4) is 89.0 Å². The maximum atomic E-state index is 7.13. The zero-order chi connectivity index (χ0) is 65.9. The predicted octanol–water partition coefficient (Wildman–Crippen LogP) is 24.2. The molecule has 0 aliphatic carbocycles. The van der Waals surface area contributed by atoms with Crippen molar-refractivity contribution in [3.63, 3.8) is 0 Å². The van der Waals surface area contributed by atoms with E-state index in [2.05, 4.69) is 370 Å². The third-order valence-corrected chi connectivity index (χ3v) is 20.6. The van der Waals surface area contributed by atoms with E-state index >= 15 is 0 Å². The fraction of sp³-hybridized carbons (Fsp3) is 0.0426. The average Bonchev–Trinajstić information content (AvgIpc) is 1.18. The van der Waals surface area contributed by atoms with E-state index in [1.54, 1.807) is 0 Å². The minimum absolute atomic E-state index is 0.307. The average molecular weight is 1270 g/mol. The molecule has 4 heterocycles. The van der Waals surface area contributed by atoms with Crippen LogP contribution in [0.25, 0.3) is 133 Å². The Morgan fingerprint density at radius 2 is 0.586 bits per heavy atom. The van der Waals surface area contributed by atoms with Gasteiger partial charge in [0.1, 0.15) is 22.3 Å². The van der Waals surface area contributed by atoms with Gasteiger partial charge in [0.2, 0.25) is 0 Å². The molecule has 15 aromatic carbocycles. The van der Waals surface area contributed by atoms with Crippen molar-refractivity contribution in [2.45, 2.75) is 26.2 Å². The third kappa shape index (κ3) is 9.59. The van der Waals surface area contributed by atoms with Gasteiger partial charge in [-0.15, -0.1) is 0 Å². The van der Waals surface area contributed by atoms with E-state index in [1.165, 1.54) is 22.0 Å². The minimum Gasteiger partial charge on any atom is -0.455 e. The first kappa shape index (κ1) is 58.0. The Kier molecular flexibility index (Phi) is 13.6. The second-order valence-corrected chi connectivity index (χ2v) is 27.4. The van der Waals surface area contributed by atoms with E-state index in [0.29, 0.717) is 0 Å². The monoisotopic (exact) mass is 1260 g/mol. The molecule has 0 spiro atoms. The molecule has 0 atom stereocenters. The van der Waals surface area contributed by atoms with Gasteiger partial charge in [0.15, 0.2) is 0 Å². The van der Waals surface area contributed by atoms with Crippen LogP contribution in [0.5, 0.6) is 0 Å². The van der Waals surface area contributed by atoms with E-state index in [-0.39, 0.29) is 12.1 Å². The molecule has 0 N–H and O–H groups in total. The second-order valence-electron chi connectivity index (χ2n) is 27.4. The summed E-state index contributed by atoms with van der Waals surface area (Å²) >= 11 is 0. The summed E-state index contributed by atoms with van der Waals surface area (Å²) in [6.45, 7) is 6.77. The Labute approximate surface area is 576 Å². The number of anilines is 6. The zero-order valence-electron chi connectivity index (χ0n) is 55.1. The van der Waals surface area contributed by atoms with Crippen LogP contribution in [0.2, 0.25) is 0 Å². The van der Waals surface area contributed by atoms with Crippen LogP contribution in [-0.2, 0) is 5.41 Å². The van der Waals surface area contributed by atoms with Gasteiger partial charge >= 0.3 is 0 Å². The van der Waals surface area contributed by atoms with Gasteiger partial charge in [-0.1, -0.05) is 300 Å². The van der Waals surface area contributed by atoms with Gasteiger partial charge in [-0.2, -0.15) is 0 Å². The van der Waals surface area contributed by atoms with Crippen molar-refractivity contribution < 1.29 is 8.83 Å². The molecular weight excluding hydrogens is 1200 g/mol. The SMILES string of the molecule is CC(C)(C)c1cc2c3c(c1)N(c1c(-c4ccccc4)cccc1-c1ccccc1)c1ccc(-c4cc(-c5ccccc5)cc5c4oc4ccccc45)cc1B3c1cc(-c3cc(-c4ccccc4)cc4c3oc3ccccc34)ccc1N2c1c(-c2ccccc2)cccc1-c1ccccc1. The highest BCUT2D eigenvalue weighted by Gasteiger charge is 2.46. The molecule has 5 heteroatoms. The largest absolute Gasteiger partial charge is 0.455 e. The van der Waals surface area contributed by atoms with Crippen LogP contribution >= 0.6 is 0 Å². The van der Waals surface area contributed by atoms with Crippen LogP contribution in [0.4, 0.5) is 34.1 Å². The quantitative estimate of drug-likeness (QED) is 0.128. The summed E-state index contributed by atoms with van der Waals surface area (Å²) in [4.78, 5) is 5.31. The lowest BCUT2D eigenvalue weighted by Crippen LogP contribution is -2.61. The Morgan fingerprint density at radius 1 is 0.253 bits per heavy atom. The van der Waals surface area contributed by atoms with E-state index in [0.717, 1.165) is 167 Å². The van der Waals surface area contributed by atoms with Gasteiger partial charge in [-0.3, -0.25) is 0 Å². The number of benzene rings is 15. The Bertz CT molecular complexity index is 5540. The molecule has 19 rings (SSSR count). The Morgan fingerprint density at radius 3 is 0.939 bits per heavy atom. The fourth-order valence-electron chi connectivity index (χ4n) is 15.9. The number of nitrogens with zero attached hydrogens (tertiary/aromatic N) is 2. The van der Waals surface area contributed by atoms with Crippen molar-refractivity contribution in [2.75, 3.05) is 9.80 Å². The summed E-state index contributed by atoms with van der Waals surface area (Å²) < 4.78 is 14.3. The van der Waals surface area contributed by atoms with Crippen LogP contribution < -0.4 is 26.2 Å². The summed E-state index contributed by atoms with van der Waals surface area (Å²) in [6.07, 6.45) is 0. The van der Waals surface area contributed by atoms with Gasteiger partial charge in [0.25, 0.3) is 6.71 Å². The number of hydrogen-bond acceptors (Lipinski definition) is 4. The van der Waals surface area contributed by atoms with Crippen LogP contribution in [0.3, 0.4) is 0 Å². The van der Waals surface area contributed by atoms with Gasteiger partial charge in [-0.25, -0.2) is 0 Å². The topological polar surface area (TPSA) is 32.8 Å². The Hall–Kier alpha value is -12.4. The fourth-order valence-corrected chi connectivity index (χ4v) is 15.9. The van der Waals surface area contributed by atoms with Crippen molar-refractivity contribution in [3.05, 3.63) is 345 Å². The molecule has 0 radical (unpaired) electrons. The molecule has 2 aliphatic rings. The lowest BCUT2D eigenvalue weighted by Gasteiger charge is -2.46. The first-order valence-electron chi connectivity index (χ1n) is 34.3. The summed E-state index contributed by atoms with van der Waals surface area (Å²) in [7, 11) is 0. The molecule has 0 saturated heterocycles. The number of hydrogen-bond donors (Lipinski definition) is 0. The molecule has 0 saturated carbocycles. The van der Waals surface area contributed by atoms with Crippen molar-refractivity contribution in [1.29, 1.82) is 0 Å². The number of furan rings is 2. The molecule has 0 fully saturated rings. The van der Waals surface area contributed by atoms with E-state index < -0.39 is 0 Å². The maximum Gasteiger partial charge on any atom is 0.252 e. The molecule has 2 aromatic heterocycles. The minimum atomic E-state index is -0.332. The lowest BCUT2D eigenvalue weighted by atomic mass is 9.33. The van der Waals surface area contributed by atoms with Gasteiger partial charge in [0.05, 0.1) is 11.4 Å². The predicted molar refractivity (Wildman–Crippen MR) is 417 cm³/mol. The third-order valence-electron chi connectivity index (χ3n) is 20.6. The van der Waals surface area contributed by atoms with Crippen LogP contribution in [0, 0.1) is 0 Å². The molecule has 2 aliphatic heterocycles. The highest BCUT2D eigenvalue weighted by molar-refractivity contribution is 7.00. The molecule has 466 valence electrons. The number of rotatable bonds is 10. The highest BCUT2D eigenvalue weighted by Crippen LogP contribution is 2.55. The van der Waals surface area contributed by atoms with Crippen molar-refractivity contribution in [1.82, 2.24) is 0 Å². The van der Waals surface area contributed by atoms with Crippen LogP contribution in [0.1, 0.15) is 26.3 Å². The van der Waals surface area contributed by atoms with Crippen LogP contribution in [-0.4, -0.2) is 6.71 Å². The molecule has 0 unspecified atom stereocenters. The Balaban J connectivity index is 0.984. The molecule has 0 amide bonds. The normalized spacial score (nSPS) is 12.5. The summed E-state index contributed by atoms with van der Waals surface area (Å²) in [5, 5.41) is 4.34.